The molecule has 4 aromatic heterocycles. The highest BCUT2D eigenvalue weighted by Crippen LogP contribution is 2.17. The zero-order valence-corrected chi connectivity index (χ0v) is 19.5. The third-order valence-electron chi connectivity index (χ3n) is 5.54. The highest BCUT2D eigenvalue weighted by atomic mass is 16.5. The first kappa shape index (κ1) is 23.4. The van der Waals surface area contributed by atoms with Crippen LogP contribution in [0.2, 0.25) is 0 Å². The number of nitrogens with zero attached hydrogens (tertiary/aromatic N) is 5. The van der Waals surface area contributed by atoms with Crippen molar-refractivity contribution in [1.29, 1.82) is 0 Å². The number of unbranched alkanes of at least 4 members (excludes halogenated alkanes) is 1. The second-order valence-corrected chi connectivity index (χ2v) is 8.07. The van der Waals surface area contributed by atoms with Crippen LogP contribution in [0.4, 0.5) is 0 Å². The van der Waals surface area contributed by atoms with Crippen LogP contribution in [-0.2, 0) is 36.1 Å². The quantitative estimate of drug-likeness (QED) is 0.329. The maximum absolute atomic E-state index is 13.3. The van der Waals surface area contributed by atoms with E-state index in [-0.39, 0.29) is 18.0 Å². The van der Waals surface area contributed by atoms with Crippen molar-refractivity contribution in [2.75, 3.05) is 13.2 Å². The molecule has 4 heterocycles. The summed E-state index contributed by atoms with van der Waals surface area (Å²) in [5.74, 6) is -0.266. The minimum atomic E-state index is -0.266. The molecule has 0 aliphatic heterocycles. The van der Waals surface area contributed by atoms with E-state index >= 15 is 0 Å². The van der Waals surface area contributed by atoms with E-state index in [1.165, 1.54) is 4.57 Å². The van der Waals surface area contributed by atoms with Crippen molar-refractivity contribution < 1.29 is 9.53 Å². The number of aromatic amines is 1. The third kappa shape index (κ3) is 5.57. The largest absolute Gasteiger partial charge is 0.382 e. The van der Waals surface area contributed by atoms with E-state index in [4.69, 9.17) is 4.74 Å². The molecule has 0 spiro atoms. The zero-order valence-electron chi connectivity index (χ0n) is 19.5. The Balaban J connectivity index is 1.50. The lowest BCUT2D eigenvalue weighted by Gasteiger charge is -2.13. The van der Waals surface area contributed by atoms with Gasteiger partial charge in [-0.3, -0.25) is 28.8 Å². The number of fused-ring (bicyclic) bond motifs is 1. The Bertz CT molecular complexity index is 1290. The molecule has 0 aliphatic rings. The fourth-order valence-electron chi connectivity index (χ4n) is 3.80. The summed E-state index contributed by atoms with van der Waals surface area (Å²) >= 11 is 0. The Morgan fingerprint density at radius 2 is 2.12 bits per heavy atom. The second kappa shape index (κ2) is 10.9. The minimum absolute atomic E-state index is 0.112. The summed E-state index contributed by atoms with van der Waals surface area (Å²) < 4.78 is 8.50. The van der Waals surface area contributed by atoms with Crippen molar-refractivity contribution in [2.24, 2.45) is 7.05 Å². The lowest BCUT2D eigenvalue weighted by Crippen LogP contribution is -2.34. The van der Waals surface area contributed by atoms with Crippen LogP contribution < -0.4 is 10.9 Å². The molecule has 10 heteroatoms. The molecule has 34 heavy (non-hydrogen) atoms. The minimum Gasteiger partial charge on any atom is -0.382 e. The first-order valence-corrected chi connectivity index (χ1v) is 11.4. The van der Waals surface area contributed by atoms with Crippen LogP contribution in [0.15, 0.2) is 47.9 Å². The summed E-state index contributed by atoms with van der Waals surface area (Å²) in [5.41, 5.74) is 3.29. The number of ether oxygens (including phenoxy) is 1. The average molecular weight is 464 g/mol. The number of carbonyl (C=O) groups is 1. The van der Waals surface area contributed by atoms with Crippen LogP contribution in [-0.4, -0.2) is 48.4 Å². The Hall–Kier alpha value is -3.79. The standard InChI is InChI=1S/C24H29N7O3/c1-3-34-9-5-4-6-21-24(33)31(22(14-26-21)18-12-28-30(2)15-18)16-23(32)27-13-19-10-17-11-25-8-7-20(17)29-19/h7-8,10-12,14-15,29H,3-6,9,13,16H2,1-2H3,(H,27,32). The first-order valence-electron chi connectivity index (χ1n) is 11.4. The number of pyridine rings is 1. The maximum atomic E-state index is 13.3. The molecule has 0 aromatic carbocycles. The molecule has 0 saturated heterocycles. The van der Waals surface area contributed by atoms with Crippen LogP contribution in [0.5, 0.6) is 0 Å². The number of nitrogens with one attached hydrogen (secondary N) is 2. The first-order chi connectivity index (χ1) is 16.5. The summed E-state index contributed by atoms with van der Waals surface area (Å²) in [5, 5.41) is 8.06. The number of hydrogen-bond donors (Lipinski definition) is 2. The van der Waals surface area contributed by atoms with Crippen molar-refractivity contribution in [2.45, 2.75) is 39.3 Å². The molecule has 1 amide bonds. The molecular weight excluding hydrogens is 434 g/mol. The Morgan fingerprint density at radius 1 is 1.24 bits per heavy atom. The zero-order chi connectivity index (χ0) is 23.9. The smallest absolute Gasteiger partial charge is 0.273 e. The van der Waals surface area contributed by atoms with Gasteiger partial charge in [-0.05, 0) is 38.3 Å². The van der Waals surface area contributed by atoms with E-state index in [1.807, 2.05) is 19.1 Å². The van der Waals surface area contributed by atoms with E-state index in [0.29, 0.717) is 37.6 Å². The summed E-state index contributed by atoms with van der Waals surface area (Å²) in [4.78, 5) is 37.9. The molecule has 4 rings (SSSR count). The molecule has 4 aromatic rings. The maximum Gasteiger partial charge on any atom is 0.273 e. The second-order valence-electron chi connectivity index (χ2n) is 8.07. The molecule has 0 bridgehead atoms. The molecule has 2 N–H and O–H groups in total. The normalized spacial score (nSPS) is 11.2. The van der Waals surface area contributed by atoms with Gasteiger partial charge >= 0.3 is 0 Å². The summed E-state index contributed by atoms with van der Waals surface area (Å²) in [6.45, 7) is 3.50. The van der Waals surface area contributed by atoms with Crippen LogP contribution in [0.25, 0.3) is 22.2 Å². The fraction of sp³-hybridized carbons (Fsp3) is 0.375. The van der Waals surface area contributed by atoms with E-state index in [1.54, 1.807) is 42.7 Å². The van der Waals surface area contributed by atoms with Crippen molar-refractivity contribution in [3.8, 4) is 11.3 Å². The van der Waals surface area contributed by atoms with Gasteiger partial charge in [-0.2, -0.15) is 5.10 Å². The third-order valence-corrected chi connectivity index (χ3v) is 5.54. The molecule has 0 fully saturated rings. The number of H-pyrrole nitrogens is 1. The molecule has 0 aliphatic carbocycles. The Kier molecular flexibility index (Phi) is 7.48. The van der Waals surface area contributed by atoms with Crippen molar-refractivity contribution in [3.63, 3.8) is 0 Å². The molecule has 178 valence electrons. The van der Waals surface area contributed by atoms with Crippen LogP contribution in [0.3, 0.4) is 0 Å². The van der Waals surface area contributed by atoms with E-state index in [9.17, 15) is 9.59 Å². The monoisotopic (exact) mass is 463 g/mol. The van der Waals surface area contributed by atoms with E-state index in [0.717, 1.165) is 35.0 Å². The molecule has 0 unspecified atom stereocenters. The van der Waals surface area contributed by atoms with E-state index < -0.39 is 0 Å². The molecule has 0 saturated carbocycles. The summed E-state index contributed by atoms with van der Waals surface area (Å²) in [6.07, 6.45) is 10.7. The lowest BCUT2D eigenvalue weighted by atomic mass is 10.2. The van der Waals surface area contributed by atoms with Crippen LogP contribution in [0.1, 0.15) is 31.2 Å². The van der Waals surface area contributed by atoms with Gasteiger partial charge in [-0.25, -0.2) is 0 Å². The van der Waals surface area contributed by atoms with Gasteiger partial charge in [0.25, 0.3) is 5.56 Å². The number of carbonyl (C=O) groups excluding carboxylic acids is 1. The van der Waals surface area contributed by atoms with Gasteiger partial charge in [0.15, 0.2) is 0 Å². The van der Waals surface area contributed by atoms with Gasteiger partial charge in [0.2, 0.25) is 5.91 Å². The number of amides is 1. The summed E-state index contributed by atoms with van der Waals surface area (Å²) in [7, 11) is 1.80. The Morgan fingerprint density at radius 3 is 2.88 bits per heavy atom. The van der Waals surface area contributed by atoms with Gasteiger partial charge in [0.1, 0.15) is 12.2 Å². The predicted molar refractivity (Wildman–Crippen MR) is 128 cm³/mol. The fourth-order valence-corrected chi connectivity index (χ4v) is 3.80. The molecule has 0 atom stereocenters. The van der Waals surface area contributed by atoms with Crippen molar-refractivity contribution in [3.05, 3.63) is 64.9 Å². The molecular formula is C24H29N7O3. The van der Waals surface area contributed by atoms with Crippen molar-refractivity contribution in [1.82, 2.24) is 34.6 Å². The topological polar surface area (TPSA) is 120 Å². The highest BCUT2D eigenvalue weighted by Gasteiger charge is 2.16. The molecule has 10 nitrogen and oxygen atoms in total. The SMILES string of the molecule is CCOCCCCc1ncc(-c2cnn(C)c2)n(CC(=O)NCc2cc3cnccc3[nH]2)c1=O. The number of rotatable bonds is 11. The van der Waals surface area contributed by atoms with Gasteiger partial charge in [0.05, 0.1) is 24.6 Å². The van der Waals surface area contributed by atoms with Gasteiger partial charge in [0, 0.05) is 61.0 Å². The van der Waals surface area contributed by atoms with Gasteiger partial charge < -0.3 is 15.0 Å². The van der Waals surface area contributed by atoms with Crippen molar-refractivity contribution >= 4 is 16.8 Å². The summed E-state index contributed by atoms with van der Waals surface area (Å²) in [6, 6.07) is 3.83. The average Bonchev–Trinajstić information content (AvgIpc) is 3.45. The Labute approximate surface area is 197 Å². The molecule has 0 radical (unpaired) electrons. The number of aromatic nitrogens is 6. The lowest BCUT2D eigenvalue weighted by molar-refractivity contribution is -0.121. The number of aryl methyl sites for hydroxylation is 2. The number of hydrogen-bond acceptors (Lipinski definition) is 6. The van der Waals surface area contributed by atoms with Gasteiger partial charge in [-0.15, -0.1) is 0 Å². The predicted octanol–water partition coefficient (Wildman–Crippen LogP) is 2.20. The van der Waals surface area contributed by atoms with Gasteiger partial charge in [-0.1, -0.05) is 0 Å². The van der Waals surface area contributed by atoms with Crippen LogP contribution in [0, 0.1) is 0 Å². The van der Waals surface area contributed by atoms with E-state index in [2.05, 4.69) is 25.4 Å². The van der Waals surface area contributed by atoms with Crippen LogP contribution >= 0.6 is 0 Å². The highest BCUT2D eigenvalue weighted by molar-refractivity contribution is 5.80.